The van der Waals surface area contributed by atoms with Crippen molar-refractivity contribution in [1.82, 2.24) is 14.4 Å². The van der Waals surface area contributed by atoms with E-state index >= 15 is 0 Å². The van der Waals surface area contributed by atoms with Gasteiger partial charge in [-0.25, -0.2) is 0 Å². The van der Waals surface area contributed by atoms with Crippen LogP contribution in [-0.2, 0) is 4.79 Å². The van der Waals surface area contributed by atoms with Gasteiger partial charge in [0.1, 0.15) is 5.69 Å². The van der Waals surface area contributed by atoms with Crippen molar-refractivity contribution < 1.29 is 18.4 Å². The first kappa shape index (κ1) is 17.9. The van der Waals surface area contributed by atoms with Crippen LogP contribution in [0.2, 0.25) is 0 Å². The molecule has 0 spiro atoms. The average molecular weight is 353 g/mol. The second kappa shape index (κ2) is 7.54. The number of nitrogens with zero attached hydrogens (tertiary/aromatic N) is 3. The van der Waals surface area contributed by atoms with Gasteiger partial charge in [-0.1, -0.05) is 0 Å². The molecule has 2 amide bonds. The second-order valence-electron chi connectivity index (χ2n) is 6.93. The summed E-state index contributed by atoms with van der Waals surface area (Å²) in [6, 6.07) is 3.05. The van der Waals surface area contributed by atoms with Crippen molar-refractivity contribution in [3.63, 3.8) is 0 Å². The fourth-order valence-electron chi connectivity index (χ4n) is 3.94. The molecule has 0 radical (unpaired) electrons. The molecule has 1 aromatic heterocycles. The Balaban J connectivity index is 1.72. The minimum absolute atomic E-state index is 0.0102. The van der Waals surface area contributed by atoms with Crippen LogP contribution in [0.1, 0.15) is 61.3 Å². The third kappa shape index (κ3) is 3.70. The maximum Gasteiger partial charge on any atom is 0.319 e. The van der Waals surface area contributed by atoms with E-state index in [0.29, 0.717) is 31.6 Å². The van der Waals surface area contributed by atoms with E-state index in [2.05, 4.69) is 0 Å². The number of carbonyl (C=O) groups excluding carboxylic acids is 2. The molecule has 7 heteroatoms. The number of alkyl halides is 2. The van der Waals surface area contributed by atoms with E-state index in [-0.39, 0.29) is 23.6 Å². The number of carbonyl (C=O) groups is 2. The van der Waals surface area contributed by atoms with E-state index in [0.717, 1.165) is 36.8 Å². The minimum Gasteiger partial charge on any atom is -0.343 e. The maximum absolute atomic E-state index is 13.3. The summed E-state index contributed by atoms with van der Waals surface area (Å²) in [5.41, 5.74) is 0.436. The third-order valence-electron chi connectivity index (χ3n) is 5.33. The van der Waals surface area contributed by atoms with E-state index in [9.17, 15) is 18.4 Å². The highest BCUT2D eigenvalue weighted by Gasteiger charge is 2.31. The Hall–Kier alpha value is -1.92. The highest BCUT2D eigenvalue weighted by atomic mass is 19.3. The van der Waals surface area contributed by atoms with Crippen molar-refractivity contribution in [2.45, 2.75) is 58.0 Å². The van der Waals surface area contributed by atoms with E-state index in [1.807, 2.05) is 4.90 Å². The molecule has 2 aliphatic rings. The number of piperidine rings is 1. The van der Waals surface area contributed by atoms with Crippen LogP contribution in [-0.4, -0.2) is 51.9 Å². The number of hydrogen-bond acceptors (Lipinski definition) is 2. The lowest BCUT2D eigenvalue weighted by Gasteiger charge is -2.37. The van der Waals surface area contributed by atoms with Gasteiger partial charge in [0.25, 0.3) is 5.91 Å². The number of amides is 2. The molecule has 2 aliphatic heterocycles. The van der Waals surface area contributed by atoms with Crippen LogP contribution < -0.4 is 0 Å². The first-order valence-electron chi connectivity index (χ1n) is 9.03. The molecule has 0 saturated carbocycles. The molecular formula is C18H25F2N3O2. The molecule has 0 bridgehead atoms. The smallest absolute Gasteiger partial charge is 0.319 e. The fraction of sp³-hybridized carbons (Fsp3) is 0.667. The number of likely N-dealkylation sites (tertiary alicyclic amines) is 2. The molecule has 5 nitrogen and oxygen atoms in total. The van der Waals surface area contributed by atoms with Gasteiger partial charge in [-0.15, -0.1) is 0 Å². The quantitative estimate of drug-likeness (QED) is 0.816. The van der Waals surface area contributed by atoms with Crippen LogP contribution in [0, 0.1) is 6.92 Å². The molecule has 1 atom stereocenters. The molecule has 1 aromatic rings. The van der Waals surface area contributed by atoms with Gasteiger partial charge in [0, 0.05) is 37.8 Å². The maximum atomic E-state index is 13.3. The van der Waals surface area contributed by atoms with Gasteiger partial charge in [-0.05, 0) is 51.2 Å². The number of halogens is 2. The molecule has 2 saturated heterocycles. The predicted molar refractivity (Wildman–Crippen MR) is 89.5 cm³/mol. The average Bonchev–Trinajstić information content (AvgIpc) is 3.18. The molecule has 0 aliphatic carbocycles. The SMILES string of the molecule is Cc1ccc(C(=O)N2CCCCC2CCN2CCCC2=O)n1C(F)F. The van der Waals surface area contributed by atoms with Crippen LogP contribution in [0.3, 0.4) is 0 Å². The van der Waals surface area contributed by atoms with Crippen LogP contribution in [0.4, 0.5) is 8.78 Å². The van der Waals surface area contributed by atoms with Crippen molar-refractivity contribution in [2.75, 3.05) is 19.6 Å². The largest absolute Gasteiger partial charge is 0.343 e. The summed E-state index contributed by atoms with van der Waals surface area (Å²) in [6.45, 7) is 0.870. The Morgan fingerprint density at radius 1 is 1.24 bits per heavy atom. The van der Waals surface area contributed by atoms with Gasteiger partial charge in [0.05, 0.1) is 0 Å². The van der Waals surface area contributed by atoms with Crippen LogP contribution >= 0.6 is 0 Å². The topological polar surface area (TPSA) is 45.6 Å². The van der Waals surface area contributed by atoms with Gasteiger partial charge in [0.15, 0.2) is 0 Å². The highest BCUT2D eigenvalue weighted by Crippen LogP contribution is 2.26. The Bertz CT molecular complexity index is 644. The van der Waals surface area contributed by atoms with Crippen LogP contribution in [0.5, 0.6) is 0 Å². The van der Waals surface area contributed by atoms with Crippen molar-refractivity contribution in [1.29, 1.82) is 0 Å². The predicted octanol–water partition coefficient (Wildman–Crippen LogP) is 3.20. The zero-order valence-corrected chi connectivity index (χ0v) is 14.6. The first-order chi connectivity index (χ1) is 12.0. The van der Waals surface area contributed by atoms with Gasteiger partial charge < -0.3 is 9.80 Å². The van der Waals surface area contributed by atoms with Gasteiger partial charge in [-0.3, -0.25) is 14.2 Å². The number of aromatic nitrogens is 1. The molecule has 25 heavy (non-hydrogen) atoms. The second-order valence-corrected chi connectivity index (χ2v) is 6.93. The number of hydrogen-bond donors (Lipinski definition) is 0. The standard InChI is InChI=1S/C18H25F2N3O2/c1-13-7-8-15(23(13)18(19)20)17(25)22-11-3-2-5-14(22)9-12-21-10-4-6-16(21)24/h7-8,14,18H,2-6,9-12H2,1H3. The number of aryl methyl sites for hydroxylation is 1. The molecule has 3 heterocycles. The molecule has 0 aromatic carbocycles. The molecular weight excluding hydrogens is 328 g/mol. The number of rotatable bonds is 5. The molecule has 138 valence electrons. The highest BCUT2D eigenvalue weighted by molar-refractivity contribution is 5.93. The minimum atomic E-state index is -2.72. The molecule has 0 N–H and O–H groups in total. The van der Waals surface area contributed by atoms with E-state index in [1.54, 1.807) is 17.9 Å². The Labute approximate surface area is 146 Å². The monoisotopic (exact) mass is 353 g/mol. The molecule has 2 fully saturated rings. The Morgan fingerprint density at radius 2 is 2.04 bits per heavy atom. The summed E-state index contributed by atoms with van der Waals surface area (Å²) in [5.74, 6) is -0.151. The fourth-order valence-corrected chi connectivity index (χ4v) is 3.94. The molecule has 3 rings (SSSR count). The summed E-state index contributed by atoms with van der Waals surface area (Å²) in [7, 11) is 0. The first-order valence-corrected chi connectivity index (χ1v) is 9.03. The summed E-state index contributed by atoms with van der Waals surface area (Å²) in [6.07, 6.45) is 4.99. The summed E-state index contributed by atoms with van der Waals surface area (Å²) < 4.78 is 27.4. The summed E-state index contributed by atoms with van der Waals surface area (Å²) in [5, 5.41) is 0. The Morgan fingerprint density at radius 3 is 2.72 bits per heavy atom. The summed E-state index contributed by atoms with van der Waals surface area (Å²) >= 11 is 0. The van der Waals surface area contributed by atoms with Crippen molar-refractivity contribution >= 4 is 11.8 Å². The Kier molecular flexibility index (Phi) is 5.39. The van der Waals surface area contributed by atoms with Crippen molar-refractivity contribution in [3.8, 4) is 0 Å². The zero-order valence-electron chi connectivity index (χ0n) is 14.6. The van der Waals surface area contributed by atoms with E-state index < -0.39 is 6.55 Å². The van der Waals surface area contributed by atoms with Gasteiger partial charge in [0.2, 0.25) is 5.91 Å². The van der Waals surface area contributed by atoms with Gasteiger partial charge >= 0.3 is 6.55 Å². The lowest BCUT2D eigenvalue weighted by atomic mass is 9.98. The normalized spacial score (nSPS) is 21.4. The van der Waals surface area contributed by atoms with Crippen molar-refractivity contribution in [3.05, 3.63) is 23.5 Å². The van der Waals surface area contributed by atoms with Crippen LogP contribution in [0.25, 0.3) is 0 Å². The third-order valence-corrected chi connectivity index (χ3v) is 5.33. The molecule has 1 unspecified atom stereocenters. The lowest BCUT2D eigenvalue weighted by Crippen LogP contribution is -2.46. The zero-order chi connectivity index (χ0) is 18.0. The van der Waals surface area contributed by atoms with Crippen LogP contribution in [0.15, 0.2) is 12.1 Å². The summed E-state index contributed by atoms with van der Waals surface area (Å²) in [4.78, 5) is 28.2. The van der Waals surface area contributed by atoms with E-state index in [1.165, 1.54) is 6.07 Å². The lowest BCUT2D eigenvalue weighted by molar-refractivity contribution is -0.127. The van der Waals surface area contributed by atoms with Crippen molar-refractivity contribution in [2.24, 2.45) is 0 Å². The van der Waals surface area contributed by atoms with E-state index in [4.69, 9.17) is 0 Å². The van der Waals surface area contributed by atoms with Gasteiger partial charge in [-0.2, -0.15) is 8.78 Å².